The first-order chi connectivity index (χ1) is 14.6. The third-order valence-corrected chi connectivity index (χ3v) is 6.19. The van der Waals surface area contributed by atoms with Gasteiger partial charge in [-0.1, -0.05) is 37.0 Å². The highest BCUT2D eigenvalue weighted by Crippen LogP contribution is 2.29. The molecule has 1 aliphatic heterocycles. The zero-order valence-corrected chi connectivity index (χ0v) is 19.8. The lowest BCUT2D eigenvalue weighted by molar-refractivity contribution is -0.139. The van der Waals surface area contributed by atoms with E-state index >= 15 is 0 Å². The molecule has 2 atom stereocenters. The number of benzene rings is 1. The monoisotopic (exact) mass is 487 g/mol. The van der Waals surface area contributed by atoms with Gasteiger partial charge < -0.3 is 14.6 Å². The Morgan fingerprint density at radius 1 is 1.26 bits per heavy atom. The normalized spacial score (nSPS) is 18.0. The lowest BCUT2D eigenvalue weighted by atomic mass is 9.65. The van der Waals surface area contributed by atoms with E-state index in [1.54, 1.807) is 13.0 Å². The number of amides is 1. The highest BCUT2D eigenvalue weighted by molar-refractivity contribution is 8.01. The van der Waals surface area contributed by atoms with Gasteiger partial charge in [-0.15, -0.1) is 11.8 Å². The average molecular weight is 488 g/mol. The number of thioether (sulfide) groups is 1. The molecule has 1 fully saturated rings. The third-order valence-electron chi connectivity index (χ3n) is 4.53. The maximum Gasteiger partial charge on any atom is 0.602 e. The topological polar surface area (TPSA) is 98.8 Å². The smallest absolute Gasteiger partial charge is 0.498 e. The van der Waals surface area contributed by atoms with Crippen LogP contribution in [0.4, 0.5) is 0 Å². The summed E-state index contributed by atoms with van der Waals surface area (Å²) in [5, 5.41) is 2.58. The van der Waals surface area contributed by atoms with Gasteiger partial charge in [0.1, 0.15) is 0 Å². The van der Waals surface area contributed by atoms with Crippen LogP contribution in [-0.2, 0) is 23.7 Å². The Labute approximate surface area is 196 Å². The lowest BCUT2D eigenvalue weighted by Crippen LogP contribution is -2.41. The van der Waals surface area contributed by atoms with Crippen molar-refractivity contribution in [2.45, 2.75) is 44.7 Å². The van der Waals surface area contributed by atoms with Crippen molar-refractivity contribution in [1.29, 1.82) is 0 Å². The summed E-state index contributed by atoms with van der Waals surface area (Å²) in [5.74, 6) is -2.16. The molecule has 1 saturated heterocycles. The van der Waals surface area contributed by atoms with Crippen molar-refractivity contribution in [2.24, 2.45) is 5.92 Å². The number of hydrogen-bond donors (Lipinski definition) is 1. The van der Waals surface area contributed by atoms with E-state index in [1.165, 1.54) is 12.1 Å². The van der Waals surface area contributed by atoms with Crippen LogP contribution in [0.1, 0.15) is 44.0 Å². The largest absolute Gasteiger partial charge is 0.602 e. The minimum atomic E-state index is -1.15. The van der Waals surface area contributed by atoms with Crippen LogP contribution in [0.2, 0.25) is 15.9 Å². The minimum Gasteiger partial charge on any atom is -0.498 e. The Balaban J connectivity index is 2.04. The summed E-state index contributed by atoms with van der Waals surface area (Å²) >= 11 is 13.0. The Morgan fingerprint density at radius 3 is 2.65 bits per heavy atom. The molecule has 0 aliphatic carbocycles. The third kappa shape index (κ3) is 8.05. The van der Waals surface area contributed by atoms with Crippen LogP contribution in [0.15, 0.2) is 18.2 Å². The number of carbonyl (C=O) groups excluding carboxylic acids is 4. The van der Waals surface area contributed by atoms with E-state index in [0.29, 0.717) is 11.4 Å². The van der Waals surface area contributed by atoms with Crippen LogP contribution in [0.3, 0.4) is 0 Å². The Bertz CT molecular complexity index is 853. The van der Waals surface area contributed by atoms with Gasteiger partial charge in [0.15, 0.2) is 5.78 Å². The number of rotatable bonds is 8. The summed E-state index contributed by atoms with van der Waals surface area (Å²) in [5.41, 5.74) is 0.162. The molecule has 0 unspecified atom stereocenters. The molecule has 0 saturated carbocycles. The number of carbonyl (C=O) groups is 4. The van der Waals surface area contributed by atoms with Crippen LogP contribution < -0.4 is 5.32 Å². The quantitative estimate of drug-likeness (QED) is 0.556. The second-order valence-corrected chi connectivity index (χ2v) is 9.86. The standard InChI is InChI=1S/C20H24BCl2NO6S/c1-11(2)6-13(21-29-18(26)10-31-12(3)20(28)30-21)7-15(25)9-24-19(27)16-8-14(22)4-5-17(16)23/h4-5,8,11-13H,6-7,9-10H2,1-3H3,(H,24,27)/t12-,13+/m0/s1. The molecule has 31 heavy (non-hydrogen) atoms. The Morgan fingerprint density at radius 2 is 1.97 bits per heavy atom. The van der Waals surface area contributed by atoms with E-state index < -0.39 is 36.0 Å². The molecular formula is C20H24BCl2NO6S. The maximum absolute atomic E-state index is 12.6. The number of nitrogens with one attached hydrogen (secondary N) is 1. The van der Waals surface area contributed by atoms with Gasteiger partial charge >= 0.3 is 19.1 Å². The van der Waals surface area contributed by atoms with E-state index in [2.05, 4.69) is 5.32 Å². The van der Waals surface area contributed by atoms with Crippen molar-refractivity contribution < 1.29 is 28.5 Å². The van der Waals surface area contributed by atoms with E-state index in [0.717, 1.165) is 11.8 Å². The molecule has 7 nitrogen and oxygen atoms in total. The van der Waals surface area contributed by atoms with Gasteiger partial charge in [0.05, 0.1) is 28.1 Å². The number of ketones is 1. The molecule has 0 aromatic heterocycles. The van der Waals surface area contributed by atoms with E-state index in [-0.39, 0.29) is 41.0 Å². The summed E-state index contributed by atoms with van der Waals surface area (Å²) in [6.07, 6.45) is 0.459. The fraction of sp³-hybridized carbons (Fsp3) is 0.500. The summed E-state index contributed by atoms with van der Waals surface area (Å²) < 4.78 is 10.7. The summed E-state index contributed by atoms with van der Waals surface area (Å²) in [6.45, 7) is 5.30. The Hall–Kier alpha value is -1.71. The molecule has 1 heterocycles. The zero-order chi connectivity index (χ0) is 23.1. The van der Waals surface area contributed by atoms with Gasteiger partial charge in [-0.05, 0) is 37.5 Å². The van der Waals surface area contributed by atoms with Crippen molar-refractivity contribution >= 4 is 65.7 Å². The second-order valence-electron chi connectivity index (χ2n) is 7.69. The minimum absolute atomic E-state index is 0.0332. The Kier molecular flexibility index (Phi) is 9.71. The summed E-state index contributed by atoms with van der Waals surface area (Å²) in [4.78, 5) is 49.1. The fourth-order valence-electron chi connectivity index (χ4n) is 3.06. The first-order valence-electron chi connectivity index (χ1n) is 9.83. The number of Topliss-reactive ketones (excluding diaryl/α,β-unsaturated/α-hetero) is 1. The van der Waals surface area contributed by atoms with Gasteiger partial charge in [-0.3, -0.25) is 19.2 Å². The van der Waals surface area contributed by atoms with Crippen molar-refractivity contribution in [3.05, 3.63) is 33.8 Å². The molecule has 1 amide bonds. The zero-order valence-electron chi connectivity index (χ0n) is 17.5. The number of halogens is 2. The number of hydrogen-bond acceptors (Lipinski definition) is 7. The molecule has 1 N–H and O–H groups in total. The summed E-state index contributed by atoms with van der Waals surface area (Å²) in [7, 11) is -1.15. The summed E-state index contributed by atoms with van der Waals surface area (Å²) in [6, 6.07) is 4.47. The van der Waals surface area contributed by atoms with Crippen molar-refractivity contribution in [3.63, 3.8) is 0 Å². The molecule has 1 aliphatic rings. The van der Waals surface area contributed by atoms with Gasteiger partial charge in [-0.25, -0.2) is 0 Å². The van der Waals surface area contributed by atoms with Crippen LogP contribution in [0.25, 0.3) is 0 Å². The van der Waals surface area contributed by atoms with Gasteiger partial charge in [0.2, 0.25) is 0 Å². The van der Waals surface area contributed by atoms with Crippen molar-refractivity contribution in [1.82, 2.24) is 5.32 Å². The first kappa shape index (κ1) is 25.6. The van der Waals surface area contributed by atoms with E-state index in [1.807, 2.05) is 13.8 Å². The van der Waals surface area contributed by atoms with E-state index in [4.69, 9.17) is 32.5 Å². The second kappa shape index (κ2) is 11.8. The van der Waals surface area contributed by atoms with Crippen molar-refractivity contribution in [2.75, 3.05) is 12.3 Å². The highest BCUT2D eigenvalue weighted by Gasteiger charge is 2.41. The lowest BCUT2D eigenvalue weighted by Gasteiger charge is -2.26. The first-order valence-corrected chi connectivity index (χ1v) is 11.6. The molecule has 2 rings (SSSR count). The molecule has 1 aromatic rings. The fourth-order valence-corrected chi connectivity index (χ4v) is 4.08. The van der Waals surface area contributed by atoms with Gasteiger partial charge in [0, 0.05) is 17.3 Å². The van der Waals surface area contributed by atoms with E-state index in [9.17, 15) is 19.2 Å². The molecule has 0 radical (unpaired) electrons. The predicted octanol–water partition coefficient (Wildman–Crippen LogP) is 3.81. The highest BCUT2D eigenvalue weighted by atomic mass is 35.5. The predicted molar refractivity (Wildman–Crippen MR) is 121 cm³/mol. The maximum atomic E-state index is 12.6. The molecular weight excluding hydrogens is 464 g/mol. The van der Waals surface area contributed by atoms with Gasteiger partial charge in [-0.2, -0.15) is 0 Å². The molecule has 11 heteroatoms. The van der Waals surface area contributed by atoms with Crippen LogP contribution in [0.5, 0.6) is 0 Å². The average Bonchev–Trinajstić information content (AvgIpc) is 2.69. The van der Waals surface area contributed by atoms with Crippen LogP contribution >= 0.6 is 35.0 Å². The van der Waals surface area contributed by atoms with Crippen LogP contribution in [-0.4, -0.2) is 48.3 Å². The van der Waals surface area contributed by atoms with Crippen LogP contribution in [0, 0.1) is 5.92 Å². The van der Waals surface area contributed by atoms with Gasteiger partial charge in [0.25, 0.3) is 5.91 Å². The molecule has 0 spiro atoms. The molecule has 1 aromatic carbocycles. The SMILES string of the molecule is CC(C)C[C@H](CC(=O)CNC(=O)c1cc(Cl)ccc1Cl)B1OC(=O)CS[C@@H](C)C(=O)O1. The molecule has 0 bridgehead atoms. The molecule has 168 valence electrons. The van der Waals surface area contributed by atoms with Crippen molar-refractivity contribution in [3.8, 4) is 0 Å².